The number of anilines is 1. The van der Waals surface area contributed by atoms with Crippen LogP contribution in [0.3, 0.4) is 0 Å². The third kappa shape index (κ3) is 4.98. The number of carbonyl (C=O) groups excluding carboxylic acids is 1. The highest BCUT2D eigenvalue weighted by molar-refractivity contribution is 8.10. The van der Waals surface area contributed by atoms with Gasteiger partial charge in [0, 0.05) is 25.8 Å². The predicted octanol–water partition coefficient (Wildman–Crippen LogP) is 1.04. The number of hydrogen-bond acceptors (Lipinski definition) is 9. The first-order valence-corrected chi connectivity index (χ1v) is 12.8. The van der Waals surface area contributed by atoms with Crippen molar-refractivity contribution in [3.8, 4) is 11.8 Å². The Balaban J connectivity index is 2.43. The van der Waals surface area contributed by atoms with Crippen molar-refractivity contribution in [1.82, 2.24) is 9.78 Å². The van der Waals surface area contributed by atoms with E-state index in [4.69, 9.17) is 4.74 Å². The number of nitrogens with zero attached hydrogens (tertiary/aromatic N) is 2. The van der Waals surface area contributed by atoms with E-state index in [0.29, 0.717) is 17.1 Å². The maximum Gasteiger partial charge on any atom is 0.350 e. The summed E-state index contributed by atoms with van der Waals surface area (Å²) in [5, 5.41) is 7.30. The maximum absolute atomic E-state index is 12.1. The first kappa shape index (κ1) is 22.9. The quantitative estimate of drug-likeness (QED) is 0.502. The van der Waals surface area contributed by atoms with Crippen LogP contribution in [0.2, 0.25) is 0 Å². The van der Waals surface area contributed by atoms with Gasteiger partial charge >= 0.3 is 5.97 Å². The fourth-order valence-electron chi connectivity index (χ4n) is 2.21. The number of nitrogens with one attached hydrogen (secondary N) is 1. The number of esters is 1. The van der Waals surface area contributed by atoms with Gasteiger partial charge in [-0.2, -0.15) is 5.10 Å². The molecule has 12 heteroatoms. The van der Waals surface area contributed by atoms with Gasteiger partial charge < -0.3 is 10.1 Å². The SMILES string of the molecule is COC(=O)c1sc(C#CC(C)(S(C)(=O)=O)S(C)(=O)=O)cc1NCc1ccn(C)n1. The van der Waals surface area contributed by atoms with E-state index in [1.54, 1.807) is 17.9 Å². The van der Waals surface area contributed by atoms with E-state index in [-0.39, 0.29) is 4.88 Å². The highest BCUT2D eigenvalue weighted by Gasteiger charge is 2.44. The summed E-state index contributed by atoms with van der Waals surface area (Å²) in [5.74, 6) is 4.34. The summed E-state index contributed by atoms with van der Waals surface area (Å²) in [4.78, 5) is 12.6. The summed E-state index contributed by atoms with van der Waals surface area (Å²) < 4.78 is 52.3. The molecule has 0 bridgehead atoms. The molecule has 2 aromatic heterocycles. The van der Waals surface area contributed by atoms with Crippen LogP contribution in [-0.4, -0.2) is 56.3 Å². The van der Waals surface area contributed by atoms with Gasteiger partial charge in [0.25, 0.3) is 0 Å². The summed E-state index contributed by atoms with van der Waals surface area (Å²) in [6, 6.07) is 3.35. The first-order chi connectivity index (χ1) is 13.3. The number of carbonyl (C=O) groups is 1. The zero-order chi connectivity index (χ0) is 22.0. The highest BCUT2D eigenvalue weighted by atomic mass is 32.3. The van der Waals surface area contributed by atoms with Crippen molar-refractivity contribution in [1.29, 1.82) is 0 Å². The van der Waals surface area contributed by atoms with Gasteiger partial charge in [0.05, 0.1) is 29.9 Å². The van der Waals surface area contributed by atoms with Crippen LogP contribution in [0.25, 0.3) is 0 Å². The molecule has 0 aromatic carbocycles. The van der Waals surface area contributed by atoms with Gasteiger partial charge in [0.1, 0.15) is 4.88 Å². The van der Waals surface area contributed by atoms with Crippen LogP contribution < -0.4 is 5.32 Å². The summed E-state index contributed by atoms with van der Waals surface area (Å²) in [6.07, 6.45) is 3.41. The molecule has 2 heterocycles. The molecule has 0 radical (unpaired) electrons. The predicted molar refractivity (Wildman–Crippen MR) is 111 cm³/mol. The molecule has 0 aliphatic carbocycles. The minimum absolute atomic E-state index is 0.230. The molecule has 0 spiro atoms. The third-order valence-corrected chi connectivity index (χ3v) is 10.0. The van der Waals surface area contributed by atoms with E-state index in [1.165, 1.54) is 13.2 Å². The molecule has 0 atom stereocenters. The Hall–Kier alpha value is -2.36. The normalized spacial score (nSPS) is 12.2. The van der Waals surface area contributed by atoms with Gasteiger partial charge in [0.15, 0.2) is 19.7 Å². The van der Waals surface area contributed by atoms with E-state index >= 15 is 0 Å². The molecule has 2 aromatic rings. The number of aromatic nitrogens is 2. The first-order valence-electron chi connectivity index (χ1n) is 8.15. The van der Waals surface area contributed by atoms with Crippen molar-refractivity contribution in [2.24, 2.45) is 7.05 Å². The molecule has 0 fully saturated rings. The Labute approximate surface area is 173 Å². The van der Waals surface area contributed by atoms with Crippen molar-refractivity contribution in [2.75, 3.05) is 24.9 Å². The Morgan fingerprint density at radius 2 is 1.93 bits per heavy atom. The van der Waals surface area contributed by atoms with Crippen LogP contribution in [0.5, 0.6) is 0 Å². The van der Waals surface area contributed by atoms with Crippen LogP contribution in [0.1, 0.15) is 27.2 Å². The largest absolute Gasteiger partial charge is 0.465 e. The van der Waals surface area contributed by atoms with Crippen molar-refractivity contribution in [3.05, 3.63) is 33.8 Å². The number of hydrogen-bond donors (Lipinski definition) is 1. The van der Waals surface area contributed by atoms with E-state index in [1.807, 2.05) is 6.07 Å². The Kier molecular flexibility index (Phi) is 6.46. The van der Waals surface area contributed by atoms with Crippen molar-refractivity contribution in [3.63, 3.8) is 0 Å². The summed E-state index contributed by atoms with van der Waals surface area (Å²) in [7, 11) is -5.05. The summed E-state index contributed by atoms with van der Waals surface area (Å²) >= 11 is 0.969. The Morgan fingerprint density at radius 3 is 2.41 bits per heavy atom. The van der Waals surface area contributed by atoms with E-state index in [0.717, 1.165) is 36.5 Å². The number of sulfone groups is 2. The van der Waals surface area contributed by atoms with Crippen molar-refractivity contribution < 1.29 is 26.4 Å². The molecule has 1 N–H and O–H groups in total. The van der Waals surface area contributed by atoms with Crippen LogP contribution in [-0.2, 0) is 38.0 Å². The Bertz CT molecular complexity index is 1160. The smallest absolute Gasteiger partial charge is 0.350 e. The maximum atomic E-state index is 12.1. The second-order valence-electron chi connectivity index (χ2n) is 6.42. The lowest BCUT2D eigenvalue weighted by atomic mass is 10.3. The summed E-state index contributed by atoms with van der Waals surface area (Å²) in [5.41, 5.74) is 1.17. The van der Waals surface area contributed by atoms with Crippen LogP contribution in [0.15, 0.2) is 18.3 Å². The zero-order valence-electron chi connectivity index (χ0n) is 16.5. The monoisotopic (exact) mass is 459 g/mol. The molecule has 0 amide bonds. The topological polar surface area (TPSA) is 124 Å². The number of methoxy groups -OCH3 is 1. The second kappa shape index (κ2) is 8.17. The standard InChI is InChI=1S/C17H21N3O6S3/c1-17(28(4,22)23,29(5,24)25)8-6-13-10-14(15(27-13)16(21)26-3)18-11-12-7-9-20(2)19-12/h7,9-10,18H,11H2,1-5H3. The molecule has 0 saturated heterocycles. The van der Waals surface area contributed by atoms with Gasteiger partial charge in [-0.3, -0.25) is 4.68 Å². The zero-order valence-corrected chi connectivity index (χ0v) is 19.0. The molecular formula is C17H21N3O6S3. The number of ether oxygens (including phenoxy) is 1. The van der Waals surface area contributed by atoms with Crippen molar-refractivity contribution >= 4 is 42.7 Å². The molecule has 0 aliphatic rings. The lowest BCUT2D eigenvalue weighted by Gasteiger charge is -2.18. The van der Waals surface area contributed by atoms with Gasteiger partial charge in [0.2, 0.25) is 4.08 Å². The molecule has 0 unspecified atom stereocenters. The van der Waals surface area contributed by atoms with E-state index < -0.39 is 29.7 Å². The molecule has 158 valence electrons. The lowest BCUT2D eigenvalue weighted by molar-refractivity contribution is 0.0607. The number of aryl methyl sites for hydroxylation is 1. The highest BCUT2D eigenvalue weighted by Crippen LogP contribution is 2.29. The van der Waals surface area contributed by atoms with Crippen LogP contribution in [0.4, 0.5) is 5.69 Å². The van der Waals surface area contributed by atoms with Gasteiger partial charge in [-0.1, -0.05) is 11.8 Å². The molecule has 9 nitrogen and oxygen atoms in total. The fourth-order valence-corrected chi connectivity index (χ4v) is 5.79. The van der Waals surface area contributed by atoms with Gasteiger partial charge in [-0.25, -0.2) is 21.6 Å². The molecule has 29 heavy (non-hydrogen) atoms. The van der Waals surface area contributed by atoms with E-state index in [9.17, 15) is 21.6 Å². The fraction of sp³-hybridized carbons (Fsp3) is 0.412. The minimum Gasteiger partial charge on any atom is -0.465 e. The molecule has 0 aliphatic heterocycles. The average Bonchev–Trinajstić information content (AvgIpc) is 3.21. The molecular weight excluding hydrogens is 438 g/mol. The third-order valence-electron chi connectivity index (χ3n) is 4.16. The van der Waals surface area contributed by atoms with Crippen molar-refractivity contribution in [2.45, 2.75) is 17.5 Å². The second-order valence-corrected chi connectivity index (χ2v) is 12.5. The average molecular weight is 460 g/mol. The lowest BCUT2D eigenvalue weighted by Crippen LogP contribution is -2.41. The molecule has 0 saturated carbocycles. The summed E-state index contributed by atoms with van der Waals surface area (Å²) in [6.45, 7) is 1.37. The van der Waals surface area contributed by atoms with Gasteiger partial charge in [-0.15, -0.1) is 11.3 Å². The molecule has 2 rings (SSSR count). The number of thiophene rings is 1. The van der Waals surface area contributed by atoms with E-state index in [2.05, 4.69) is 22.3 Å². The van der Waals surface area contributed by atoms with Gasteiger partial charge in [-0.05, 0) is 19.1 Å². The van der Waals surface area contributed by atoms with Crippen LogP contribution in [0, 0.1) is 11.8 Å². The van der Waals surface area contributed by atoms with Crippen LogP contribution >= 0.6 is 11.3 Å². The number of rotatable bonds is 6. The minimum atomic E-state index is -4.04. The Morgan fingerprint density at radius 1 is 1.31 bits per heavy atom.